The SMILES string of the molecule is O=C[C@H](CC1CCNC1=O)NCC(CC12CCC(CC1)CC2)NC(=O)OCc1cccc(Cl)c1. The number of halogens is 1. The Balaban J connectivity index is 1.35. The highest BCUT2D eigenvalue weighted by molar-refractivity contribution is 6.30. The normalized spacial score (nSPS) is 27.6. The van der Waals surface area contributed by atoms with Crippen molar-refractivity contribution in [2.45, 2.75) is 76.5 Å². The molecule has 34 heavy (non-hydrogen) atoms. The highest BCUT2D eigenvalue weighted by Crippen LogP contribution is 2.52. The lowest BCUT2D eigenvalue weighted by atomic mass is 9.58. The van der Waals surface area contributed by atoms with Gasteiger partial charge in [0.2, 0.25) is 5.91 Å². The third kappa shape index (κ3) is 6.72. The summed E-state index contributed by atoms with van der Waals surface area (Å²) < 4.78 is 5.48. The molecule has 2 bridgehead atoms. The molecule has 5 rings (SSSR count). The summed E-state index contributed by atoms with van der Waals surface area (Å²) in [7, 11) is 0. The van der Waals surface area contributed by atoms with E-state index in [0.717, 1.165) is 30.6 Å². The second kappa shape index (κ2) is 11.5. The standard InChI is InChI=1S/C26H36ClN3O4/c27-21-3-1-2-19(12-21)17-34-25(33)30-23(14-26-8-4-18(5-9-26)6-10-26)15-29-22(16-31)13-20-7-11-28-24(20)32/h1-3,12,16,18,20,22-23,29H,4-11,13-15,17H2,(H,28,32)(H,30,33)/t18?,20?,22-,23?,26?/m0/s1. The summed E-state index contributed by atoms with van der Waals surface area (Å²) in [6, 6.07) is 6.69. The van der Waals surface area contributed by atoms with Crippen LogP contribution in [0.2, 0.25) is 5.02 Å². The molecule has 186 valence electrons. The Hall–Kier alpha value is -2.12. The van der Waals surface area contributed by atoms with Crippen LogP contribution in [0.5, 0.6) is 0 Å². The molecule has 1 saturated heterocycles. The number of hydrogen-bond acceptors (Lipinski definition) is 5. The summed E-state index contributed by atoms with van der Waals surface area (Å²) >= 11 is 6.02. The van der Waals surface area contributed by atoms with Gasteiger partial charge >= 0.3 is 6.09 Å². The summed E-state index contributed by atoms with van der Waals surface area (Å²) in [6.45, 7) is 1.28. The predicted molar refractivity (Wildman–Crippen MR) is 130 cm³/mol. The lowest BCUT2D eigenvalue weighted by molar-refractivity contribution is -0.122. The fourth-order valence-electron chi connectivity index (χ4n) is 5.98. The van der Waals surface area contributed by atoms with Crippen molar-refractivity contribution in [3.63, 3.8) is 0 Å². The first-order valence-corrected chi connectivity index (χ1v) is 13.0. The number of carbonyl (C=O) groups is 3. The van der Waals surface area contributed by atoms with Crippen LogP contribution in [0, 0.1) is 17.3 Å². The zero-order chi connectivity index (χ0) is 24.0. The fraction of sp³-hybridized carbons (Fsp3) is 0.654. The van der Waals surface area contributed by atoms with Crippen molar-refractivity contribution < 1.29 is 19.1 Å². The average molecular weight is 490 g/mol. The zero-order valence-electron chi connectivity index (χ0n) is 19.7. The van der Waals surface area contributed by atoms with Gasteiger partial charge < -0.3 is 25.5 Å². The maximum absolute atomic E-state index is 12.7. The van der Waals surface area contributed by atoms with E-state index < -0.39 is 12.1 Å². The van der Waals surface area contributed by atoms with E-state index in [9.17, 15) is 14.4 Å². The first-order chi connectivity index (χ1) is 16.4. The number of amides is 2. The van der Waals surface area contributed by atoms with Crippen LogP contribution in [-0.2, 0) is 20.9 Å². The van der Waals surface area contributed by atoms with Gasteiger partial charge in [-0.15, -0.1) is 0 Å². The van der Waals surface area contributed by atoms with Crippen LogP contribution < -0.4 is 16.0 Å². The molecule has 1 aromatic rings. The zero-order valence-corrected chi connectivity index (χ0v) is 20.4. The van der Waals surface area contributed by atoms with Gasteiger partial charge in [-0.3, -0.25) is 4.79 Å². The summed E-state index contributed by atoms with van der Waals surface area (Å²) in [5.41, 5.74) is 1.08. The number of ether oxygens (including phenoxy) is 1. The van der Waals surface area contributed by atoms with Gasteiger partial charge in [0.05, 0.1) is 6.04 Å². The Morgan fingerprint density at radius 1 is 1.24 bits per heavy atom. The largest absolute Gasteiger partial charge is 0.445 e. The molecule has 1 aromatic carbocycles. The fourth-order valence-corrected chi connectivity index (χ4v) is 6.20. The third-order valence-corrected chi connectivity index (χ3v) is 8.24. The molecule has 8 heteroatoms. The topological polar surface area (TPSA) is 96.5 Å². The van der Waals surface area contributed by atoms with Crippen molar-refractivity contribution in [2.75, 3.05) is 13.1 Å². The van der Waals surface area contributed by atoms with E-state index in [0.29, 0.717) is 24.5 Å². The number of hydrogen-bond donors (Lipinski definition) is 3. The van der Waals surface area contributed by atoms with Crippen molar-refractivity contribution in [1.29, 1.82) is 0 Å². The molecule has 0 aromatic heterocycles. The summed E-state index contributed by atoms with van der Waals surface area (Å²) in [5.74, 6) is 0.751. The molecule has 0 spiro atoms. The quantitative estimate of drug-likeness (QED) is 0.408. The number of aldehydes is 1. The number of rotatable bonds is 11. The Morgan fingerprint density at radius 3 is 2.65 bits per heavy atom. The smallest absolute Gasteiger partial charge is 0.407 e. The molecular weight excluding hydrogens is 454 g/mol. The van der Waals surface area contributed by atoms with Gasteiger partial charge in [-0.25, -0.2) is 4.79 Å². The van der Waals surface area contributed by atoms with E-state index in [1.807, 2.05) is 12.1 Å². The van der Waals surface area contributed by atoms with Gasteiger partial charge in [0.25, 0.3) is 0 Å². The summed E-state index contributed by atoms with van der Waals surface area (Å²) in [4.78, 5) is 36.3. The van der Waals surface area contributed by atoms with E-state index in [4.69, 9.17) is 16.3 Å². The maximum atomic E-state index is 12.7. The van der Waals surface area contributed by atoms with Crippen molar-refractivity contribution in [3.8, 4) is 0 Å². The van der Waals surface area contributed by atoms with Crippen molar-refractivity contribution in [2.24, 2.45) is 17.3 Å². The molecule has 3 aliphatic carbocycles. The highest BCUT2D eigenvalue weighted by atomic mass is 35.5. The van der Waals surface area contributed by atoms with Crippen molar-refractivity contribution in [1.82, 2.24) is 16.0 Å². The number of nitrogens with one attached hydrogen (secondary N) is 3. The molecule has 3 saturated carbocycles. The van der Waals surface area contributed by atoms with Crippen LogP contribution in [0.4, 0.5) is 4.79 Å². The van der Waals surface area contributed by atoms with Gasteiger partial charge in [0, 0.05) is 30.1 Å². The molecule has 4 aliphatic rings. The summed E-state index contributed by atoms with van der Waals surface area (Å²) in [5, 5.41) is 9.80. The first-order valence-electron chi connectivity index (χ1n) is 12.6. The van der Waals surface area contributed by atoms with Crippen LogP contribution in [0.15, 0.2) is 24.3 Å². The highest BCUT2D eigenvalue weighted by Gasteiger charge is 2.42. The van der Waals surface area contributed by atoms with Crippen molar-refractivity contribution >= 4 is 29.9 Å². The molecule has 3 atom stereocenters. The minimum absolute atomic E-state index is 0.0192. The van der Waals surface area contributed by atoms with E-state index in [1.54, 1.807) is 12.1 Å². The van der Waals surface area contributed by atoms with Gasteiger partial charge in [-0.2, -0.15) is 0 Å². The lowest BCUT2D eigenvalue weighted by Gasteiger charge is -2.48. The minimum atomic E-state index is -0.467. The predicted octanol–water partition coefficient (Wildman–Crippen LogP) is 3.98. The molecule has 3 N–H and O–H groups in total. The van der Waals surface area contributed by atoms with E-state index in [-0.39, 0.29) is 29.9 Å². The Labute approximate surface area is 206 Å². The van der Waals surface area contributed by atoms with E-state index in [2.05, 4.69) is 16.0 Å². The van der Waals surface area contributed by atoms with Crippen LogP contribution in [-0.4, -0.2) is 43.5 Å². The first kappa shape index (κ1) is 25.0. The molecule has 7 nitrogen and oxygen atoms in total. The van der Waals surface area contributed by atoms with Gasteiger partial charge in [-0.05, 0) is 86.8 Å². The van der Waals surface area contributed by atoms with Crippen LogP contribution in [0.1, 0.15) is 63.4 Å². The molecule has 0 radical (unpaired) electrons. The van der Waals surface area contributed by atoms with Crippen LogP contribution >= 0.6 is 11.6 Å². The van der Waals surface area contributed by atoms with Crippen LogP contribution in [0.25, 0.3) is 0 Å². The van der Waals surface area contributed by atoms with E-state index >= 15 is 0 Å². The Kier molecular flexibility index (Phi) is 8.48. The number of carbonyl (C=O) groups excluding carboxylic acids is 3. The van der Waals surface area contributed by atoms with Crippen LogP contribution in [0.3, 0.4) is 0 Å². The van der Waals surface area contributed by atoms with Gasteiger partial charge in [-0.1, -0.05) is 23.7 Å². The lowest BCUT2D eigenvalue weighted by Crippen LogP contribution is -2.49. The molecule has 1 aliphatic heterocycles. The summed E-state index contributed by atoms with van der Waals surface area (Å²) in [6.07, 6.45) is 9.93. The van der Waals surface area contributed by atoms with Gasteiger partial charge in [0.1, 0.15) is 12.9 Å². The second-order valence-corrected chi connectivity index (χ2v) is 10.8. The molecule has 4 fully saturated rings. The second-order valence-electron chi connectivity index (χ2n) is 10.4. The monoisotopic (exact) mass is 489 g/mol. The number of alkyl carbamates (subject to hydrolysis) is 1. The third-order valence-electron chi connectivity index (χ3n) is 8.00. The minimum Gasteiger partial charge on any atom is -0.445 e. The Bertz CT molecular complexity index is 858. The van der Waals surface area contributed by atoms with Crippen molar-refractivity contribution in [3.05, 3.63) is 34.9 Å². The number of benzene rings is 1. The molecule has 2 amide bonds. The molecule has 1 heterocycles. The van der Waals surface area contributed by atoms with Gasteiger partial charge in [0.15, 0.2) is 0 Å². The van der Waals surface area contributed by atoms with E-state index in [1.165, 1.54) is 38.5 Å². The Morgan fingerprint density at radius 2 is 2.00 bits per heavy atom. The number of fused-ring (bicyclic) bond motifs is 3. The molecular formula is C26H36ClN3O4. The average Bonchev–Trinajstić information content (AvgIpc) is 3.25. The maximum Gasteiger partial charge on any atom is 0.407 e. The molecule has 2 unspecified atom stereocenters.